The molecule has 92 valence electrons. The molecule has 2 unspecified atom stereocenters. The molecular weight excluding hydrogens is 204 g/mol. The van der Waals surface area contributed by atoms with E-state index in [4.69, 9.17) is 0 Å². The number of carbonyl (C=O) groups is 1. The van der Waals surface area contributed by atoms with Gasteiger partial charge in [0, 0.05) is 24.9 Å². The number of aliphatic hydroxyl groups excluding tert-OH is 1. The summed E-state index contributed by atoms with van der Waals surface area (Å²) in [7, 11) is 0. The molecule has 0 radical (unpaired) electrons. The first kappa shape index (κ1) is 11.9. The van der Waals surface area contributed by atoms with Crippen LogP contribution in [0.2, 0.25) is 0 Å². The minimum atomic E-state index is -0.382. The Bertz CT molecular complexity index is 293. The van der Waals surface area contributed by atoms with Crippen molar-refractivity contribution in [3.63, 3.8) is 0 Å². The van der Waals surface area contributed by atoms with Gasteiger partial charge in [0.2, 0.25) is 5.91 Å². The molecule has 4 atom stereocenters. The highest BCUT2D eigenvalue weighted by Crippen LogP contribution is 2.47. The van der Waals surface area contributed by atoms with Crippen molar-refractivity contribution < 1.29 is 9.90 Å². The summed E-state index contributed by atoms with van der Waals surface area (Å²) in [5, 5.41) is 16.3. The van der Waals surface area contributed by atoms with Gasteiger partial charge in [-0.15, -0.1) is 0 Å². The van der Waals surface area contributed by atoms with E-state index in [0.717, 1.165) is 19.4 Å². The van der Waals surface area contributed by atoms with Gasteiger partial charge in [-0.3, -0.25) is 4.79 Å². The molecule has 1 saturated carbocycles. The van der Waals surface area contributed by atoms with Gasteiger partial charge < -0.3 is 15.7 Å². The van der Waals surface area contributed by atoms with E-state index in [-0.39, 0.29) is 23.5 Å². The highest BCUT2D eigenvalue weighted by molar-refractivity contribution is 5.73. The summed E-state index contributed by atoms with van der Waals surface area (Å²) in [6, 6.07) is 0.432. The highest BCUT2D eigenvalue weighted by atomic mass is 16.3. The Balaban J connectivity index is 2.03. The Labute approximate surface area is 96.8 Å². The van der Waals surface area contributed by atoms with Gasteiger partial charge >= 0.3 is 0 Å². The predicted octanol–water partition coefficient (Wildman–Crippen LogP) is 0.260. The first-order valence-corrected chi connectivity index (χ1v) is 6.13. The van der Waals surface area contributed by atoms with Gasteiger partial charge in [0.1, 0.15) is 0 Å². The molecule has 0 aromatic carbocycles. The van der Waals surface area contributed by atoms with Gasteiger partial charge in [0.05, 0.1) is 12.1 Å². The van der Waals surface area contributed by atoms with Gasteiger partial charge in [-0.05, 0) is 18.8 Å². The van der Waals surface area contributed by atoms with E-state index in [0.29, 0.717) is 12.0 Å². The summed E-state index contributed by atoms with van der Waals surface area (Å²) >= 11 is 0. The van der Waals surface area contributed by atoms with Gasteiger partial charge in [-0.25, -0.2) is 0 Å². The monoisotopic (exact) mass is 226 g/mol. The zero-order valence-electron chi connectivity index (χ0n) is 10.3. The average molecular weight is 226 g/mol. The second-order valence-corrected chi connectivity index (χ2v) is 5.75. The van der Waals surface area contributed by atoms with Crippen LogP contribution in [0.4, 0.5) is 0 Å². The molecule has 0 aromatic heterocycles. The van der Waals surface area contributed by atoms with Crippen molar-refractivity contribution in [3.05, 3.63) is 0 Å². The molecule has 0 aromatic rings. The number of aliphatic hydroxyl groups is 1. The lowest BCUT2D eigenvalue weighted by Gasteiger charge is -2.51. The van der Waals surface area contributed by atoms with Crippen LogP contribution in [0, 0.1) is 11.3 Å². The van der Waals surface area contributed by atoms with Gasteiger partial charge in [0.25, 0.3) is 0 Å². The molecule has 3 N–H and O–H groups in total. The lowest BCUT2D eigenvalue weighted by Crippen LogP contribution is -2.64. The topological polar surface area (TPSA) is 61.4 Å². The molecule has 2 rings (SSSR count). The van der Waals surface area contributed by atoms with E-state index in [1.807, 2.05) is 0 Å². The standard InChI is InChI=1S/C12H22N2O2/c1-7(2)11-12(6-13-11)4-9(10(16)5-12)14-8(3)15/h7,9-11,13,16H,4-6H2,1-3H3,(H,14,15)/t9-,10-,11?,12?/m1/s1. The van der Waals surface area contributed by atoms with Crippen LogP contribution < -0.4 is 10.6 Å². The third-order valence-electron chi connectivity index (χ3n) is 4.10. The molecule has 4 nitrogen and oxygen atoms in total. The Morgan fingerprint density at radius 3 is 2.62 bits per heavy atom. The molecular formula is C12H22N2O2. The maximum atomic E-state index is 11.0. The SMILES string of the molecule is CC(=O)N[C@@H]1CC2(CNC2C(C)C)C[C@H]1O. The summed E-state index contributed by atoms with van der Waals surface area (Å²) in [6.45, 7) is 6.90. The summed E-state index contributed by atoms with van der Waals surface area (Å²) in [5.74, 6) is 0.534. The van der Waals surface area contributed by atoms with Crippen LogP contribution in [-0.4, -0.2) is 35.7 Å². The van der Waals surface area contributed by atoms with Crippen LogP contribution in [0.3, 0.4) is 0 Å². The molecule has 16 heavy (non-hydrogen) atoms. The van der Waals surface area contributed by atoms with Crippen molar-refractivity contribution in [2.45, 2.75) is 51.8 Å². The van der Waals surface area contributed by atoms with E-state index in [9.17, 15) is 9.90 Å². The molecule has 2 fully saturated rings. The predicted molar refractivity (Wildman–Crippen MR) is 61.9 cm³/mol. The summed E-state index contributed by atoms with van der Waals surface area (Å²) in [4.78, 5) is 11.0. The maximum Gasteiger partial charge on any atom is 0.217 e. The number of rotatable bonds is 2. The fourth-order valence-electron chi connectivity index (χ4n) is 3.47. The van der Waals surface area contributed by atoms with Crippen molar-refractivity contribution in [3.8, 4) is 0 Å². The zero-order valence-corrected chi connectivity index (χ0v) is 10.3. The average Bonchev–Trinajstić information content (AvgIpc) is 2.42. The largest absolute Gasteiger partial charge is 0.391 e. The molecule has 4 heteroatoms. The molecule has 1 spiro atoms. The summed E-state index contributed by atoms with van der Waals surface area (Å²) in [5.41, 5.74) is 0.209. The number of carbonyl (C=O) groups excluding carboxylic acids is 1. The fraction of sp³-hybridized carbons (Fsp3) is 0.917. The minimum Gasteiger partial charge on any atom is -0.391 e. The number of hydrogen-bond acceptors (Lipinski definition) is 3. The highest BCUT2D eigenvalue weighted by Gasteiger charge is 2.55. The molecule has 1 heterocycles. The normalized spacial score (nSPS) is 42.4. The maximum absolute atomic E-state index is 11.0. The van der Waals surface area contributed by atoms with Crippen LogP contribution in [-0.2, 0) is 4.79 Å². The third-order valence-corrected chi connectivity index (χ3v) is 4.10. The van der Waals surface area contributed by atoms with E-state index in [2.05, 4.69) is 24.5 Å². The van der Waals surface area contributed by atoms with Crippen LogP contribution in [0.25, 0.3) is 0 Å². The Morgan fingerprint density at radius 2 is 2.19 bits per heavy atom. The van der Waals surface area contributed by atoms with Gasteiger partial charge in [0.15, 0.2) is 0 Å². The second-order valence-electron chi connectivity index (χ2n) is 5.75. The Hall–Kier alpha value is -0.610. The molecule has 0 bridgehead atoms. The van der Waals surface area contributed by atoms with E-state index in [1.54, 1.807) is 0 Å². The van der Waals surface area contributed by atoms with E-state index < -0.39 is 0 Å². The zero-order chi connectivity index (χ0) is 11.9. The van der Waals surface area contributed by atoms with E-state index in [1.165, 1.54) is 6.92 Å². The number of nitrogens with one attached hydrogen (secondary N) is 2. The van der Waals surface area contributed by atoms with Gasteiger partial charge in [-0.2, -0.15) is 0 Å². The first-order chi connectivity index (χ1) is 7.44. The fourth-order valence-corrected chi connectivity index (χ4v) is 3.47. The minimum absolute atomic E-state index is 0.0468. The van der Waals surface area contributed by atoms with Crippen molar-refractivity contribution in [1.29, 1.82) is 0 Å². The molecule has 1 amide bonds. The quantitative estimate of drug-likeness (QED) is 0.633. The second kappa shape index (κ2) is 4.00. The first-order valence-electron chi connectivity index (χ1n) is 6.13. The van der Waals surface area contributed by atoms with E-state index >= 15 is 0 Å². The molecule has 2 aliphatic rings. The van der Waals surface area contributed by atoms with Gasteiger partial charge in [-0.1, -0.05) is 13.8 Å². The molecule has 1 aliphatic carbocycles. The van der Waals surface area contributed by atoms with Crippen molar-refractivity contribution in [1.82, 2.24) is 10.6 Å². The van der Waals surface area contributed by atoms with Crippen molar-refractivity contribution in [2.75, 3.05) is 6.54 Å². The van der Waals surface area contributed by atoms with Crippen molar-refractivity contribution >= 4 is 5.91 Å². The van der Waals surface area contributed by atoms with Crippen LogP contribution in [0.15, 0.2) is 0 Å². The van der Waals surface area contributed by atoms with Crippen LogP contribution in [0.1, 0.15) is 33.6 Å². The smallest absolute Gasteiger partial charge is 0.217 e. The number of amides is 1. The lowest BCUT2D eigenvalue weighted by molar-refractivity contribution is -0.120. The summed E-state index contributed by atoms with van der Waals surface area (Å²) in [6.07, 6.45) is 1.34. The third kappa shape index (κ3) is 1.84. The summed E-state index contributed by atoms with van der Waals surface area (Å²) < 4.78 is 0. The molecule has 1 saturated heterocycles. The Kier molecular flexibility index (Phi) is 2.97. The lowest BCUT2D eigenvalue weighted by atomic mass is 9.67. The molecule has 1 aliphatic heterocycles. The van der Waals surface area contributed by atoms with Crippen LogP contribution in [0.5, 0.6) is 0 Å². The van der Waals surface area contributed by atoms with Crippen molar-refractivity contribution in [2.24, 2.45) is 11.3 Å². The Morgan fingerprint density at radius 1 is 1.50 bits per heavy atom. The van der Waals surface area contributed by atoms with Crippen LogP contribution >= 0.6 is 0 Å². The number of hydrogen-bond donors (Lipinski definition) is 3.